The van der Waals surface area contributed by atoms with Gasteiger partial charge in [0, 0.05) is 7.11 Å². The third-order valence-corrected chi connectivity index (χ3v) is 3.13. The molecular weight excluding hydrogens is 224 g/mol. The molecule has 2 saturated heterocycles. The number of ether oxygens (including phenoxy) is 5. The molecule has 0 spiro atoms. The van der Waals surface area contributed by atoms with Crippen molar-refractivity contribution in [1.82, 2.24) is 0 Å². The van der Waals surface area contributed by atoms with Crippen LogP contribution >= 0.6 is 0 Å². The maximum atomic E-state index is 5.73. The molecule has 0 aromatic carbocycles. The van der Waals surface area contributed by atoms with Gasteiger partial charge in [-0.3, -0.25) is 0 Å². The van der Waals surface area contributed by atoms with Crippen molar-refractivity contribution >= 4 is 0 Å². The Morgan fingerprint density at radius 3 is 2.35 bits per heavy atom. The first kappa shape index (κ1) is 13.2. The van der Waals surface area contributed by atoms with Crippen molar-refractivity contribution in [1.29, 1.82) is 0 Å². The van der Waals surface area contributed by atoms with Crippen LogP contribution in [0.1, 0.15) is 13.8 Å². The predicted octanol–water partition coefficient (Wildman–Crippen LogP) is 0.609. The number of hydrogen-bond acceptors (Lipinski definition) is 5. The van der Waals surface area contributed by atoms with Crippen LogP contribution in [0, 0.1) is 0 Å². The fraction of sp³-hybridized carbons (Fsp3) is 1.00. The minimum absolute atomic E-state index is 0.0101. The van der Waals surface area contributed by atoms with Gasteiger partial charge in [-0.15, -0.1) is 0 Å². The van der Waals surface area contributed by atoms with Crippen LogP contribution in [0.4, 0.5) is 0 Å². The SMILES string of the molecule is COC1COC2C(OCCOC(C)C)COC12. The molecule has 0 aliphatic carbocycles. The highest BCUT2D eigenvalue weighted by molar-refractivity contribution is 4.95. The van der Waals surface area contributed by atoms with Crippen molar-refractivity contribution in [2.45, 2.75) is 44.4 Å². The molecule has 0 saturated carbocycles. The van der Waals surface area contributed by atoms with Gasteiger partial charge in [-0.1, -0.05) is 0 Å². The molecule has 2 fully saturated rings. The van der Waals surface area contributed by atoms with Gasteiger partial charge < -0.3 is 23.7 Å². The van der Waals surface area contributed by atoms with E-state index in [9.17, 15) is 0 Å². The van der Waals surface area contributed by atoms with E-state index in [1.807, 2.05) is 13.8 Å². The Balaban J connectivity index is 1.69. The average Bonchev–Trinajstić information content (AvgIpc) is 2.85. The van der Waals surface area contributed by atoms with E-state index in [-0.39, 0.29) is 30.5 Å². The molecule has 5 heteroatoms. The van der Waals surface area contributed by atoms with Crippen molar-refractivity contribution in [2.75, 3.05) is 33.5 Å². The summed E-state index contributed by atoms with van der Waals surface area (Å²) in [4.78, 5) is 0. The molecule has 0 radical (unpaired) electrons. The molecule has 4 unspecified atom stereocenters. The first-order chi connectivity index (χ1) is 8.22. The standard InChI is InChI=1S/C12H22O5/c1-8(2)14-4-5-15-10-7-17-11-9(13-3)6-16-12(10)11/h8-12H,4-7H2,1-3H3. The van der Waals surface area contributed by atoms with E-state index in [1.54, 1.807) is 7.11 Å². The second-order valence-corrected chi connectivity index (χ2v) is 4.70. The van der Waals surface area contributed by atoms with Crippen molar-refractivity contribution < 1.29 is 23.7 Å². The number of methoxy groups -OCH3 is 1. The number of fused-ring (bicyclic) bond motifs is 1. The lowest BCUT2D eigenvalue weighted by molar-refractivity contribution is -0.0614. The summed E-state index contributed by atoms with van der Waals surface area (Å²) in [6.07, 6.45) is 0.332. The number of rotatable bonds is 6. The fourth-order valence-corrected chi connectivity index (χ4v) is 2.26. The fourth-order valence-electron chi connectivity index (χ4n) is 2.26. The van der Waals surface area contributed by atoms with Gasteiger partial charge in [-0.05, 0) is 13.8 Å². The summed E-state index contributed by atoms with van der Waals surface area (Å²) >= 11 is 0. The molecule has 100 valence electrons. The Morgan fingerprint density at radius 1 is 1.06 bits per heavy atom. The van der Waals surface area contributed by atoms with Gasteiger partial charge in [-0.25, -0.2) is 0 Å². The Hall–Kier alpha value is -0.200. The van der Waals surface area contributed by atoms with Crippen LogP contribution in [0.2, 0.25) is 0 Å². The van der Waals surface area contributed by atoms with Crippen LogP contribution in [-0.2, 0) is 23.7 Å². The van der Waals surface area contributed by atoms with Gasteiger partial charge >= 0.3 is 0 Å². The summed E-state index contributed by atoms with van der Waals surface area (Å²) in [7, 11) is 1.68. The molecule has 0 N–H and O–H groups in total. The summed E-state index contributed by atoms with van der Waals surface area (Å²) in [5.41, 5.74) is 0. The summed E-state index contributed by atoms with van der Waals surface area (Å²) in [5, 5.41) is 0. The first-order valence-electron chi connectivity index (χ1n) is 6.21. The molecule has 2 aliphatic heterocycles. The highest BCUT2D eigenvalue weighted by Gasteiger charge is 2.48. The van der Waals surface area contributed by atoms with E-state index < -0.39 is 0 Å². The quantitative estimate of drug-likeness (QED) is 0.643. The topological polar surface area (TPSA) is 46.2 Å². The Labute approximate surface area is 102 Å². The summed E-state index contributed by atoms with van der Waals surface area (Å²) in [6.45, 7) is 6.39. The zero-order valence-corrected chi connectivity index (χ0v) is 10.8. The van der Waals surface area contributed by atoms with Gasteiger partial charge in [0.2, 0.25) is 0 Å². The largest absolute Gasteiger partial charge is 0.376 e. The van der Waals surface area contributed by atoms with Crippen molar-refractivity contribution in [2.24, 2.45) is 0 Å². The number of hydrogen-bond donors (Lipinski definition) is 0. The van der Waals surface area contributed by atoms with Crippen LogP contribution in [0.5, 0.6) is 0 Å². The van der Waals surface area contributed by atoms with E-state index in [0.29, 0.717) is 26.4 Å². The third-order valence-electron chi connectivity index (χ3n) is 3.13. The second-order valence-electron chi connectivity index (χ2n) is 4.70. The monoisotopic (exact) mass is 246 g/mol. The van der Waals surface area contributed by atoms with Gasteiger partial charge in [-0.2, -0.15) is 0 Å². The average molecular weight is 246 g/mol. The van der Waals surface area contributed by atoms with Crippen LogP contribution in [0.25, 0.3) is 0 Å². The minimum atomic E-state index is 0.0101. The maximum absolute atomic E-state index is 5.73. The smallest absolute Gasteiger partial charge is 0.115 e. The highest BCUT2D eigenvalue weighted by atomic mass is 16.6. The lowest BCUT2D eigenvalue weighted by Gasteiger charge is -2.17. The van der Waals surface area contributed by atoms with Crippen molar-refractivity contribution in [3.63, 3.8) is 0 Å². The molecule has 0 amide bonds. The van der Waals surface area contributed by atoms with Gasteiger partial charge in [0.05, 0.1) is 32.5 Å². The summed E-state index contributed by atoms with van der Waals surface area (Å²) < 4.78 is 27.8. The molecule has 0 aromatic rings. The van der Waals surface area contributed by atoms with Crippen molar-refractivity contribution in [3.05, 3.63) is 0 Å². The lowest BCUT2D eigenvalue weighted by atomic mass is 10.1. The molecule has 0 aromatic heterocycles. The minimum Gasteiger partial charge on any atom is -0.376 e. The van der Waals surface area contributed by atoms with Gasteiger partial charge in [0.15, 0.2) is 0 Å². The van der Waals surface area contributed by atoms with Crippen molar-refractivity contribution in [3.8, 4) is 0 Å². The molecule has 5 nitrogen and oxygen atoms in total. The normalized spacial score (nSPS) is 36.7. The molecule has 2 heterocycles. The maximum Gasteiger partial charge on any atom is 0.115 e. The second kappa shape index (κ2) is 6.11. The molecular formula is C12H22O5. The molecule has 2 rings (SSSR count). The Bertz CT molecular complexity index is 233. The van der Waals surface area contributed by atoms with E-state index >= 15 is 0 Å². The van der Waals surface area contributed by atoms with E-state index in [4.69, 9.17) is 23.7 Å². The van der Waals surface area contributed by atoms with Crippen LogP contribution < -0.4 is 0 Å². The zero-order chi connectivity index (χ0) is 12.3. The third kappa shape index (κ3) is 3.17. The first-order valence-corrected chi connectivity index (χ1v) is 6.21. The zero-order valence-electron chi connectivity index (χ0n) is 10.8. The lowest BCUT2D eigenvalue weighted by Crippen LogP contribution is -2.34. The van der Waals surface area contributed by atoms with Gasteiger partial charge in [0.25, 0.3) is 0 Å². The van der Waals surface area contributed by atoms with E-state index in [2.05, 4.69) is 0 Å². The van der Waals surface area contributed by atoms with E-state index in [0.717, 1.165) is 0 Å². The molecule has 4 atom stereocenters. The highest BCUT2D eigenvalue weighted by Crippen LogP contribution is 2.29. The summed E-state index contributed by atoms with van der Waals surface area (Å²) in [6, 6.07) is 0. The Morgan fingerprint density at radius 2 is 1.71 bits per heavy atom. The molecule has 17 heavy (non-hydrogen) atoms. The Kier molecular flexibility index (Phi) is 4.76. The molecule has 2 aliphatic rings. The van der Waals surface area contributed by atoms with Crippen LogP contribution in [0.3, 0.4) is 0 Å². The van der Waals surface area contributed by atoms with Gasteiger partial charge in [0.1, 0.15) is 24.4 Å². The van der Waals surface area contributed by atoms with E-state index in [1.165, 1.54) is 0 Å². The van der Waals surface area contributed by atoms with Crippen LogP contribution in [-0.4, -0.2) is 64.1 Å². The molecule has 0 bridgehead atoms. The van der Waals surface area contributed by atoms with Crippen LogP contribution in [0.15, 0.2) is 0 Å². The predicted molar refractivity (Wildman–Crippen MR) is 61.1 cm³/mol. The summed E-state index contributed by atoms with van der Waals surface area (Å²) in [5.74, 6) is 0.